The number of fused-ring (bicyclic) bond motifs is 4. The maximum absolute atomic E-state index is 13.1. The van der Waals surface area contributed by atoms with Crippen LogP contribution in [0.5, 0.6) is 0 Å². The van der Waals surface area contributed by atoms with Crippen molar-refractivity contribution in [1.29, 1.82) is 0 Å². The Morgan fingerprint density at radius 3 is 2.28 bits per heavy atom. The fourth-order valence-electron chi connectivity index (χ4n) is 5.92. The number of nitrogens with one attached hydrogen (secondary N) is 2. The Bertz CT molecular complexity index is 1190. The molecule has 0 unspecified atom stereocenters. The van der Waals surface area contributed by atoms with Gasteiger partial charge in [0.25, 0.3) is 5.56 Å². The highest BCUT2D eigenvalue weighted by molar-refractivity contribution is 5.70. The third-order valence-corrected chi connectivity index (χ3v) is 7.93. The van der Waals surface area contributed by atoms with Gasteiger partial charge in [-0.1, -0.05) is 19.1 Å². The monoisotopic (exact) mass is 440 g/mol. The van der Waals surface area contributed by atoms with Crippen LogP contribution in [0.25, 0.3) is 11.2 Å². The highest BCUT2D eigenvalue weighted by atomic mass is 16.2. The van der Waals surface area contributed by atoms with Gasteiger partial charge in [-0.2, -0.15) is 5.21 Å². The number of rotatable bonds is 8. The van der Waals surface area contributed by atoms with E-state index in [1.54, 1.807) is 4.57 Å². The van der Waals surface area contributed by atoms with E-state index in [0.717, 1.165) is 75.9 Å². The average Bonchev–Trinajstić information content (AvgIpc) is 3.50. The molecule has 0 saturated heterocycles. The SMILES string of the molecule is CCCn1c(=O)c2[nH]c(C34CCC(CCc5nn[nH]n5)(CC3)CC4)nc2n(CCC)c1=O. The van der Waals surface area contributed by atoms with E-state index in [4.69, 9.17) is 4.98 Å². The lowest BCUT2D eigenvalue weighted by molar-refractivity contribution is 0.0287. The van der Waals surface area contributed by atoms with Crippen LogP contribution in [0.3, 0.4) is 0 Å². The number of tetrazole rings is 1. The van der Waals surface area contributed by atoms with Crippen LogP contribution in [0.2, 0.25) is 0 Å². The number of nitrogens with zero attached hydrogens (tertiary/aromatic N) is 6. The molecule has 3 saturated carbocycles. The molecule has 2 bridgehead atoms. The second kappa shape index (κ2) is 7.97. The number of H-pyrrole nitrogens is 2. The number of aromatic amines is 2. The lowest BCUT2D eigenvalue weighted by atomic mass is 9.52. The first-order valence-corrected chi connectivity index (χ1v) is 12.0. The minimum absolute atomic E-state index is 0.0258. The zero-order valence-electron chi connectivity index (χ0n) is 19.0. The van der Waals surface area contributed by atoms with Crippen LogP contribution >= 0.6 is 0 Å². The Balaban J connectivity index is 1.46. The third kappa shape index (κ3) is 3.31. The fraction of sp³-hybridized carbons (Fsp3) is 0.727. The molecule has 3 aliphatic rings. The number of hydrogen-bond donors (Lipinski definition) is 2. The van der Waals surface area contributed by atoms with E-state index in [1.165, 1.54) is 4.57 Å². The Kier molecular flexibility index (Phi) is 5.25. The van der Waals surface area contributed by atoms with Crippen LogP contribution in [0.15, 0.2) is 9.59 Å². The van der Waals surface area contributed by atoms with Crippen LogP contribution in [-0.4, -0.2) is 39.7 Å². The molecule has 6 rings (SSSR count). The Morgan fingerprint density at radius 1 is 0.969 bits per heavy atom. The number of aryl methyl sites for hydroxylation is 2. The minimum atomic E-state index is -0.241. The number of imidazole rings is 1. The van der Waals surface area contributed by atoms with Crippen molar-refractivity contribution in [3.8, 4) is 0 Å². The molecule has 10 nitrogen and oxygen atoms in total. The molecule has 0 aliphatic heterocycles. The van der Waals surface area contributed by atoms with Crippen LogP contribution < -0.4 is 11.2 Å². The summed E-state index contributed by atoms with van der Waals surface area (Å²) in [6, 6.07) is 0. The van der Waals surface area contributed by atoms with Gasteiger partial charge in [0.2, 0.25) is 0 Å². The van der Waals surface area contributed by atoms with Crippen molar-refractivity contribution in [2.45, 2.75) is 96.6 Å². The van der Waals surface area contributed by atoms with Crippen molar-refractivity contribution in [2.75, 3.05) is 0 Å². The van der Waals surface area contributed by atoms with Crippen molar-refractivity contribution in [3.63, 3.8) is 0 Å². The molecular weight excluding hydrogens is 408 g/mol. The zero-order chi connectivity index (χ0) is 22.3. The Labute approximate surface area is 185 Å². The molecule has 0 atom stereocenters. The van der Waals surface area contributed by atoms with Gasteiger partial charge in [0.15, 0.2) is 11.5 Å². The molecule has 0 radical (unpaired) electrons. The van der Waals surface area contributed by atoms with Crippen LogP contribution in [-0.2, 0) is 24.9 Å². The lowest BCUT2D eigenvalue weighted by Gasteiger charge is -2.52. The average molecular weight is 441 g/mol. The summed E-state index contributed by atoms with van der Waals surface area (Å²) in [5.74, 6) is 1.69. The van der Waals surface area contributed by atoms with Gasteiger partial charge in [-0.25, -0.2) is 9.78 Å². The summed E-state index contributed by atoms with van der Waals surface area (Å²) < 4.78 is 3.05. The Morgan fingerprint density at radius 2 is 1.66 bits per heavy atom. The summed E-state index contributed by atoms with van der Waals surface area (Å²) in [4.78, 5) is 34.4. The highest BCUT2D eigenvalue weighted by Crippen LogP contribution is 2.58. The van der Waals surface area contributed by atoms with E-state index < -0.39 is 0 Å². The van der Waals surface area contributed by atoms with Gasteiger partial charge in [0, 0.05) is 24.9 Å². The lowest BCUT2D eigenvalue weighted by Crippen LogP contribution is -2.45. The molecule has 2 N–H and O–H groups in total. The van der Waals surface area contributed by atoms with Crippen molar-refractivity contribution >= 4 is 11.2 Å². The first-order chi connectivity index (χ1) is 15.5. The fourth-order valence-corrected chi connectivity index (χ4v) is 5.92. The maximum atomic E-state index is 13.1. The van der Waals surface area contributed by atoms with Crippen LogP contribution in [0, 0.1) is 5.41 Å². The minimum Gasteiger partial charge on any atom is -0.336 e. The molecule has 3 aromatic rings. The van der Waals surface area contributed by atoms with Gasteiger partial charge in [0.1, 0.15) is 11.3 Å². The quantitative estimate of drug-likeness (QED) is 0.554. The predicted molar refractivity (Wildman–Crippen MR) is 120 cm³/mol. The van der Waals surface area contributed by atoms with Gasteiger partial charge in [-0.05, 0) is 63.2 Å². The summed E-state index contributed by atoms with van der Waals surface area (Å²) in [6.07, 6.45) is 10.1. The van der Waals surface area contributed by atoms with E-state index in [2.05, 4.69) is 25.6 Å². The molecular formula is C22H32N8O2. The van der Waals surface area contributed by atoms with E-state index in [9.17, 15) is 9.59 Å². The van der Waals surface area contributed by atoms with Gasteiger partial charge >= 0.3 is 5.69 Å². The number of hydrogen-bond acceptors (Lipinski definition) is 6. The van der Waals surface area contributed by atoms with Gasteiger partial charge in [0.05, 0.1) is 0 Å². The second-order valence-corrected chi connectivity index (χ2v) is 9.78. The van der Waals surface area contributed by atoms with E-state index in [-0.39, 0.29) is 16.7 Å². The highest BCUT2D eigenvalue weighted by Gasteiger charge is 2.50. The van der Waals surface area contributed by atoms with E-state index >= 15 is 0 Å². The largest absolute Gasteiger partial charge is 0.336 e. The standard InChI is InChI=1S/C22H32N8O2/c1-3-13-29-17-16(18(31)30(14-4-2)20(29)32)23-19(24-17)22-10-7-21(8-11-22,9-12-22)6-5-15-25-27-28-26-15/h3-14H2,1-2H3,(H,23,24)(H,25,26,27,28). The molecule has 172 valence electrons. The molecule has 3 heterocycles. The number of aromatic nitrogens is 8. The Hall–Kier alpha value is -2.78. The second-order valence-electron chi connectivity index (χ2n) is 9.78. The van der Waals surface area contributed by atoms with Crippen molar-refractivity contribution in [3.05, 3.63) is 32.5 Å². The molecule has 10 heteroatoms. The molecule has 0 amide bonds. The van der Waals surface area contributed by atoms with Gasteiger partial charge in [-0.15, -0.1) is 10.2 Å². The van der Waals surface area contributed by atoms with E-state index in [1.807, 2.05) is 13.8 Å². The smallest absolute Gasteiger partial charge is 0.332 e. The summed E-state index contributed by atoms with van der Waals surface area (Å²) >= 11 is 0. The normalized spacial score (nSPS) is 25.1. The third-order valence-electron chi connectivity index (χ3n) is 7.93. The molecule has 0 spiro atoms. The summed E-state index contributed by atoms with van der Waals surface area (Å²) in [5.41, 5.74) is 0.840. The van der Waals surface area contributed by atoms with Gasteiger partial charge < -0.3 is 4.98 Å². The van der Waals surface area contributed by atoms with Crippen molar-refractivity contribution in [1.82, 2.24) is 39.7 Å². The molecule has 3 aromatic heterocycles. The first kappa shape index (κ1) is 21.1. The topological polar surface area (TPSA) is 127 Å². The summed E-state index contributed by atoms with van der Waals surface area (Å²) in [5, 5.41) is 14.4. The first-order valence-electron chi connectivity index (χ1n) is 12.0. The van der Waals surface area contributed by atoms with Crippen LogP contribution in [0.1, 0.15) is 83.3 Å². The summed E-state index contributed by atoms with van der Waals surface area (Å²) in [7, 11) is 0. The molecule has 3 aliphatic carbocycles. The molecule has 3 fully saturated rings. The summed E-state index contributed by atoms with van der Waals surface area (Å²) in [6.45, 7) is 5.01. The molecule has 32 heavy (non-hydrogen) atoms. The van der Waals surface area contributed by atoms with Crippen molar-refractivity contribution in [2.24, 2.45) is 5.41 Å². The van der Waals surface area contributed by atoms with Crippen molar-refractivity contribution < 1.29 is 0 Å². The zero-order valence-corrected chi connectivity index (χ0v) is 19.0. The maximum Gasteiger partial charge on any atom is 0.332 e. The van der Waals surface area contributed by atoms with Gasteiger partial charge in [-0.3, -0.25) is 13.9 Å². The predicted octanol–water partition coefficient (Wildman–Crippen LogP) is 2.44. The van der Waals surface area contributed by atoms with E-state index in [0.29, 0.717) is 29.7 Å². The van der Waals surface area contributed by atoms with Crippen LogP contribution in [0.4, 0.5) is 0 Å². The molecule has 0 aromatic carbocycles.